The third-order valence-electron chi connectivity index (χ3n) is 3.00. The van der Waals surface area contributed by atoms with Crippen molar-refractivity contribution in [3.05, 3.63) is 0 Å². The Hall–Kier alpha value is -0.120. The van der Waals surface area contributed by atoms with Gasteiger partial charge >= 0.3 is 0 Å². The Labute approximate surface area is 108 Å². The fourth-order valence-electron chi connectivity index (χ4n) is 2.01. The number of nitrogens with zero attached hydrogens (tertiary/aromatic N) is 1. The van der Waals surface area contributed by atoms with Gasteiger partial charge in [0, 0.05) is 31.3 Å². The summed E-state index contributed by atoms with van der Waals surface area (Å²) in [4.78, 5) is 2.51. The lowest BCUT2D eigenvalue weighted by Crippen LogP contribution is -2.44. The molecule has 1 N–H and O–H groups in total. The van der Waals surface area contributed by atoms with Gasteiger partial charge in [-0.2, -0.15) is 0 Å². The summed E-state index contributed by atoms with van der Waals surface area (Å²) in [6, 6.07) is 1.18. The molecule has 0 aliphatic heterocycles. The molecule has 0 rings (SSSR count). The predicted molar refractivity (Wildman–Crippen MR) is 75.6 cm³/mol. The Kier molecular flexibility index (Phi) is 8.01. The van der Waals surface area contributed by atoms with Crippen molar-refractivity contribution in [1.82, 2.24) is 10.2 Å². The van der Waals surface area contributed by atoms with Gasteiger partial charge < -0.3 is 10.1 Å². The summed E-state index contributed by atoms with van der Waals surface area (Å²) in [5.41, 5.74) is 0.217. The zero-order chi connectivity index (χ0) is 13.5. The molecule has 0 fully saturated rings. The molecule has 0 heterocycles. The Morgan fingerprint density at radius 3 is 2.18 bits per heavy atom. The van der Waals surface area contributed by atoms with Crippen LogP contribution in [-0.2, 0) is 4.74 Å². The zero-order valence-corrected chi connectivity index (χ0v) is 12.8. The monoisotopic (exact) mass is 244 g/mol. The fraction of sp³-hybridized carbons (Fsp3) is 1.00. The van der Waals surface area contributed by atoms with E-state index in [0.29, 0.717) is 12.1 Å². The third kappa shape index (κ3) is 8.58. The summed E-state index contributed by atoms with van der Waals surface area (Å²) >= 11 is 0. The van der Waals surface area contributed by atoms with Crippen LogP contribution in [0.4, 0.5) is 0 Å². The van der Waals surface area contributed by atoms with Crippen molar-refractivity contribution in [1.29, 1.82) is 0 Å². The molecule has 0 aromatic carbocycles. The average molecular weight is 244 g/mol. The van der Waals surface area contributed by atoms with Crippen molar-refractivity contribution < 1.29 is 4.74 Å². The van der Waals surface area contributed by atoms with Gasteiger partial charge in [0.05, 0.1) is 6.61 Å². The lowest BCUT2D eigenvalue weighted by molar-refractivity contribution is 0.0975. The van der Waals surface area contributed by atoms with Gasteiger partial charge in [-0.3, -0.25) is 4.90 Å². The molecule has 0 aromatic heterocycles. The number of nitrogens with one attached hydrogen (secondary N) is 1. The van der Waals surface area contributed by atoms with E-state index in [-0.39, 0.29) is 5.54 Å². The van der Waals surface area contributed by atoms with Crippen LogP contribution in [0.25, 0.3) is 0 Å². The second-order valence-electron chi connectivity index (χ2n) is 6.14. The van der Waals surface area contributed by atoms with Crippen molar-refractivity contribution in [2.75, 3.05) is 26.8 Å². The standard InChI is InChI=1S/C14H32N2O/c1-12(2)16(10-11-17-7)13(3)8-9-15-14(4,5)6/h12-13,15H,8-11H2,1-7H3. The van der Waals surface area contributed by atoms with Gasteiger partial charge in [-0.15, -0.1) is 0 Å². The van der Waals surface area contributed by atoms with Gasteiger partial charge in [-0.25, -0.2) is 0 Å². The number of rotatable bonds is 8. The number of hydrogen-bond acceptors (Lipinski definition) is 3. The molecule has 0 saturated heterocycles. The van der Waals surface area contributed by atoms with Gasteiger partial charge in [0.2, 0.25) is 0 Å². The van der Waals surface area contributed by atoms with E-state index in [1.165, 1.54) is 6.42 Å². The van der Waals surface area contributed by atoms with Gasteiger partial charge in [-0.05, 0) is 54.5 Å². The fourth-order valence-corrected chi connectivity index (χ4v) is 2.01. The highest BCUT2D eigenvalue weighted by Crippen LogP contribution is 2.09. The summed E-state index contributed by atoms with van der Waals surface area (Å²) in [5.74, 6) is 0. The van der Waals surface area contributed by atoms with Crippen LogP contribution in [-0.4, -0.2) is 49.3 Å². The van der Waals surface area contributed by atoms with Crippen molar-refractivity contribution in [3.63, 3.8) is 0 Å². The van der Waals surface area contributed by atoms with Crippen LogP contribution >= 0.6 is 0 Å². The second kappa shape index (κ2) is 8.06. The number of hydrogen-bond donors (Lipinski definition) is 1. The van der Waals surface area contributed by atoms with Crippen molar-refractivity contribution in [2.24, 2.45) is 0 Å². The molecule has 0 radical (unpaired) electrons. The van der Waals surface area contributed by atoms with Gasteiger partial charge in [-0.1, -0.05) is 0 Å². The Morgan fingerprint density at radius 2 is 1.76 bits per heavy atom. The maximum Gasteiger partial charge on any atom is 0.0589 e. The van der Waals surface area contributed by atoms with Crippen LogP contribution in [0.5, 0.6) is 0 Å². The SMILES string of the molecule is COCCN(C(C)C)C(C)CCNC(C)(C)C. The highest BCUT2D eigenvalue weighted by molar-refractivity contribution is 4.75. The maximum absolute atomic E-state index is 5.17. The summed E-state index contributed by atoms with van der Waals surface area (Å²) < 4.78 is 5.17. The highest BCUT2D eigenvalue weighted by Gasteiger charge is 2.17. The summed E-state index contributed by atoms with van der Waals surface area (Å²) in [7, 11) is 1.77. The first-order valence-electron chi connectivity index (χ1n) is 6.77. The minimum Gasteiger partial charge on any atom is -0.383 e. The summed E-state index contributed by atoms with van der Waals surface area (Å²) in [5, 5.41) is 3.54. The molecule has 3 heteroatoms. The summed E-state index contributed by atoms with van der Waals surface area (Å²) in [6.07, 6.45) is 1.18. The van der Waals surface area contributed by atoms with Crippen LogP contribution < -0.4 is 5.32 Å². The topological polar surface area (TPSA) is 24.5 Å². The Morgan fingerprint density at radius 1 is 1.18 bits per heavy atom. The number of methoxy groups -OCH3 is 1. The van der Waals surface area contributed by atoms with Crippen LogP contribution in [0.1, 0.15) is 48.0 Å². The van der Waals surface area contributed by atoms with Gasteiger partial charge in [0.1, 0.15) is 0 Å². The molecule has 0 bridgehead atoms. The lowest BCUT2D eigenvalue weighted by atomic mass is 10.1. The molecule has 3 nitrogen and oxygen atoms in total. The average Bonchev–Trinajstić information content (AvgIpc) is 2.15. The summed E-state index contributed by atoms with van der Waals surface area (Å²) in [6.45, 7) is 16.3. The Balaban J connectivity index is 4.01. The van der Waals surface area contributed by atoms with Crippen LogP contribution in [0, 0.1) is 0 Å². The molecule has 0 spiro atoms. The van der Waals surface area contributed by atoms with Crippen molar-refractivity contribution in [2.45, 2.75) is 65.6 Å². The molecule has 0 aliphatic carbocycles. The van der Waals surface area contributed by atoms with Crippen LogP contribution in [0.3, 0.4) is 0 Å². The first-order valence-corrected chi connectivity index (χ1v) is 6.77. The second-order valence-corrected chi connectivity index (χ2v) is 6.14. The Bertz CT molecular complexity index is 187. The van der Waals surface area contributed by atoms with E-state index in [9.17, 15) is 0 Å². The molecule has 0 aromatic rings. The van der Waals surface area contributed by atoms with E-state index in [4.69, 9.17) is 4.74 Å². The van der Waals surface area contributed by atoms with Crippen molar-refractivity contribution >= 4 is 0 Å². The maximum atomic E-state index is 5.17. The van der Waals surface area contributed by atoms with Crippen LogP contribution in [0.2, 0.25) is 0 Å². The molecular formula is C14H32N2O. The van der Waals surface area contributed by atoms with E-state index >= 15 is 0 Å². The minimum atomic E-state index is 0.217. The third-order valence-corrected chi connectivity index (χ3v) is 3.00. The largest absolute Gasteiger partial charge is 0.383 e. The van der Waals surface area contributed by atoms with E-state index in [1.54, 1.807) is 7.11 Å². The molecule has 1 unspecified atom stereocenters. The van der Waals surface area contributed by atoms with Gasteiger partial charge in [0.15, 0.2) is 0 Å². The molecule has 0 amide bonds. The van der Waals surface area contributed by atoms with Gasteiger partial charge in [0.25, 0.3) is 0 Å². The molecule has 1 atom stereocenters. The smallest absolute Gasteiger partial charge is 0.0589 e. The minimum absolute atomic E-state index is 0.217. The first-order chi connectivity index (χ1) is 7.78. The highest BCUT2D eigenvalue weighted by atomic mass is 16.5. The van der Waals surface area contributed by atoms with Crippen molar-refractivity contribution in [3.8, 4) is 0 Å². The quantitative estimate of drug-likeness (QED) is 0.710. The van der Waals surface area contributed by atoms with E-state index in [0.717, 1.165) is 19.7 Å². The van der Waals surface area contributed by atoms with E-state index in [1.807, 2.05) is 0 Å². The first kappa shape index (κ1) is 16.9. The van der Waals surface area contributed by atoms with E-state index in [2.05, 4.69) is 51.8 Å². The molecule has 104 valence electrons. The molecule has 0 aliphatic rings. The molecular weight excluding hydrogens is 212 g/mol. The number of ether oxygens (including phenoxy) is 1. The lowest BCUT2D eigenvalue weighted by Gasteiger charge is -2.33. The van der Waals surface area contributed by atoms with E-state index < -0.39 is 0 Å². The molecule has 17 heavy (non-hydrogen) atoms. The molecule has 0 saturated carbocycles. The van der Waals surface area contributed by atoms with Crippen LogP contribution in [0.15, 0.2) is 0 Å². The normalized spacial score (nSPS) is 14.6. The zero-order valence-electron chi connectivity index (χ0n) is 12.8. The predicted octanol–water partition coefficient (Wildman–Crippen LogP) is 2.51.